The zero-order valence-corrected chi connectivity index (χ0v) is 16.2. The third-order valence-electron chi connectivity index (χ3n) is 3.64. The summed E-state index contributed by atoms with van der Waals surface area (Å²) >= 11 is 11.2. The van der Waals surface area contributed by atoms with E-state index in [9.17, 15) is 4.79 Å². The molecule has 3 aromatic rings. The van der Waals surface area contributed by atoms with Crippen LogP contribution in [0.2, 0.25) is 5.02 Å². The van der Waals surface area contributed by atoms with Gasteiger partial charge < -0.3 is 10.3 Å². The van der Waals surface area contributed by atoms with Crippen molar-refractivity contribution in [2.75, 3.05) is 12.3 Å². The van der Waals surface area contributed by atoms with Crippen molar-refractivity contribution < 1.29 is 4.79 Å². The quantitative estimate of drug-likeness (QED) is 0.425. The Kier molecular flexibility index (Phi) is 5.54. The van der Waals surface area contributed by atoms with E-state index in [4.69, 9.17) is 11.6 Å². The number of H-pyrrole nitrogens is 1. The maximum Gasteiger partial charge on any atom is 0.252 e. The lowest BCUT2D eigenvalue weighted by Gasteiger charge is -2.07. The van der Waals surface area contributed by atoms with Crippen LogP contribution >= 0.6 is 39.3 Å². The highest BCUT2D eigenvalue weighted by Gasteiger charge is 2.11. The molecule has 0 atom stereocenters. The Labute approximate surface area is 158 Å². The lowest BCUT2D eigenvalue weighted by Crippen LogP contribution is -2.26. The lowest BCUT2D eigenvalue weighted by atomic mass is 10.2. The molecule has 3 nitrogen and oxygen atoms in total. The minimum absolute atomic E-state index is 0.155. The molecule has 1 heterocycles. The molecule has 2 aromatic carbocycles. The van der Waals surface area contributed by atoms with Crippen molar-refractivity contribution in [3.8, 4) is 0 Å². The van der Waals surface area contributed by atoms with Crippen LogP contribution in [0.1, 0.15) is 16.1 Å². The van der Waals surface area contributed by atoms with Crippen LogP contribution in [0.4, 0.5) is 0 Å². The van der Waals surface area contributed by atoms with E-state index in [-0.39, 0.29) is 5.91 Å². The van der Waals surface area contributed by atoms with Gasteiger partial charge in [0.05, 0.1) is 10.6 Å². The molecular weight excluding hydrogens is 408 g/mol. The van der Waals surface area contributed by atoms with E-state index in [0.717, 1.165) is 21.4 Å². The van der Waals surface area contributed by atoms with E-state index in [1.54, 1.807) is 23.9 Å². The third kappa shape index (κ3) is 3.79. The number of aryl methyl sites for hydroxylation is 1. The van der Waals surface area contributed by atoms with Crippen LogP contribution in [0, 0.1) is 6.92 Å². The van der Waals surface area contributed by atoms with Crippen LogP contribution < -0.4 is 5.32 Å². The summed E-state index contributed by atoms with van der Waals surface area (Å²) in [5.74, 6) is 0.637. The number of hydrogen-bond acceptors (Lipinski definition) is 2. The summed E-state index contributed by atoms with van der Waals surface area (Å²) in [5, 5.41) is 4.60. The molecule has 1 amide bonds. The molecule has 1 aromatic heterocycles. The van der Waals surface area contributed by atoms with Gasteiger partial charge in [-0.2, -0.15) is 0 Å². The number of para-hydroxylation sites is 1. The van der Waals surface area contributed by atoms with Crippen LogP contribution in [-0.4, -0.2) is 23.2 Å². The van der Waals surface area contributed by atoms with E-state index >= 15 is 0 Å². The summed E-state index contributed by atoms with van der Waals surface area (Å²) in [6.45, 7) is 2.65. The fourth-order valence-electron chi connectivity index (χ4n) is 2.52. The third-order valence-corrected chi connectivity index (χ3v) is 5.69. The van der Waals surface area contributed by atoms with Crippen LogP contribution in [0.15, 0.2) is 51.8 Å². The van der Waals surface area contributed by atoms with E-state index in [1.807, 2.05) is 18.2 Å². The fourth-order valence-corrected chi connectivity index (χ4v) is 4.10. The Morgan fingerprint density at radius 1 is 1.29 bits per heavy atom. The van der Waals surface area contributed by atoms with Crippen molar-refractivity contribution in [3.63, 3.8) is 0 Å². The van der Waals surface area contributed by atoms with Crippen molar-refractivity contribution in [2.45, 2.75) is 11.8 Å². The maximum atomic E-state index is 12.2. The molecule has 0 saturated heterocycles. The predicted octanol–water partition coefficient (Wildman–Crippen LogP) is 5.41. The Bertz CT molecular complexity index is 894. The van der Waals surface area contributed by atoms with Crippen LogP contribution in [0.5, 0.6) is 0 Å². The number of amides is 1. The standard InChI is InChI=1S/C18H16BrClN2OS/c1-11-17(13-4-2-3-5-16(13)22-11)24-9-8-21-18(23)14-10-12(19)6-7-15(14)20/h2-7,10,22H,8-9H2,1H3,(H,21,23). The Morgan fingerprint density at radius 2 is 2.08 bits per heavy atom. The minimum atomic E-state index is -0.155. The number of nitrogens with one attached hydrogen (secondary N) is 2. The molecule has 2 N–H and O–H groups in total. The van der Waals surface area contributed by atoms with E-state index < -0.39 is 0 Å². The monoisotopic (exact) mass is 422 g/mol. The second kappa shape index (κ2) is 7.64. The summed E-state index contributed by atoms with van der Waals surface area (Å²) < 4.78 is 0.834. The second-order valence-corrected chi connectivity index (χ2v) is 7.78. The number of aromatic nitrogens is 1. The first-order chi connectivity index (χ1) is 11.6. The van der Waals surface area contributed by atoms with Gasteiger partial charge in [0.1, 0.15) is 0 Å². The normalized spacial score (nSPS) is 11.0. The van der Waals surface area contributed by atoms with Gasteiger partial charge in [0, 0.05) is 38.3 Å². The zero-order valence-electron chi connectivity index (χ0n) is 13.0. The highest BCUT2D eigenvalue weighted by molar-refractivity contribution is 9.10. The van der Waals surface area contributed by atoms with Crippen LogP contribution in [0.25, 0.3) is 10.9 Å². The Balaban J connectivity index is 1.60. The summed E-state index contributed by atoms with van der Waals surface area (Å²) in [4.78, 5) is 16.8. The average Bonchev–Trinajstić information content (AvgIpc) is 2.89. The highest BCUT2D eigenvalue weighted by Crippen LogP contribution is 2.31. The van der Waals surface area contributed by atoms with Crippen molar-refractivity contribution in [2.24, 2.45) is 0 Å². The molecule has 124 valence electrons. The predicted molar refractivity (Wildman–Crippen MR) is 105 cm³/mol. The summed E-state index contributed by atoms with van der Waals surface area (Å²) in [5.41, 5.74) is 2.78. The van der Waals surface area contributed by atoms with E-state index in [2.05, 4.69) is 45.3 Å². The van der Waals surface area contributed by atoms with Gasteiger partial charge in [0.2, 0.25) is 0 Å². The molecule has 0 aliphatic carbocycles. The van der Waals surface area contributed by atoms with E-state index in [0.29, 0.717) is 17.1 Å². The number of thioether (sulfide) groups is 1. The lowest BCUT2D eigenvalue weighted by molar-refractivity contribution is 0.0956. The molecule has 0 aliphatic rings. The number of halogens is 2. The number of benzene rings is 2. The molecule has 0 fully saturated rings. The summed E-state index contributed by atoms with van der Waals surface area (Å²) in [6, 6.07) is 13.5. The Hall–Kier alpha value is -1.43. The molecule has 0 unspecified atom stereocenters. The number of rotatable bonds is 5. The molecule has 0 radical (unpaired) electrons. The smallest absolute Gasteiger partial charge is 0.252 e. The van der Waals surface area contributed by atoms with Gasteiger partial charge in [0.15, 0.2) is 0 Å². The molecule has 3 rings (SSSR count). The number of hydrogen-bond donors (Lipinski definition) is 2. The Morgan fingerprint density at radius 3 is 2.92 bits per heavy atom. The number of aromatic amines is 1. The van der Waals surface area contributed by atoms with E-state index in [1.165, 1.54) is 10.3 Å². The van der Waals surface area contributed by atoms with Gasteiger partial charge in [-0.1, -0.05) is 45.7 Å². The number of carbonyl (C=O) groups is 1. The number of carbonyl (C=O) groups excluding carboxylic acids is 1. The minimum Gasteiger partial charge on any atom is -0.358 e. The van der Waals surface area contributed by atoms with Gasteiger partial charge in [-0.15, -0.1) is 11.8 Å². The van der Waals surface area contributed by atoms with Gasteiger partial charge >= 0.3 is 0 Å². The number of fused-ring (bicyclic) bond motifs is 1. The van der Waals surface area contributed by atoms with Crippen LogP contribution in [-0.2, 0) is 0 Å². The summed E-state index contributed by atoms with van der Waals surface area (Å²) in [7, 11) is 0. The van der Waals surface area contributed by atoms with Crippen LogP contribution in [0.3, 0.4) is 0 Å². The first-order valence-electron chi connectivity index (χ1n) is 7.49. The molecule has 0 bridgehead atoms. The fraction of sp³-hybridized carbons (Fsp3) is 0.167. The molecule has 24 heavy (non-hydrogen) atoms. The molecule has 0 aliphatic heterocycles. The first kappa shape index (κ1) is 17.4. The average molecular weight is 424 g/mol. The second-order valence-electron chi connectivity index (χ2n) is 5.35. The van der Waals surface area contributed by atoms with Crippen molar-refractivity contribution in [3.05, 3.63) is 63.2 Å². The molecule has 0 spiro atoms. The van der Waals surface area contributed by atoms with Gasteiger partial charge in [-0.25, -0.2) is 0 Å². The van der Waals surface area contributed by atoms with Gasteiger partial charge in [0.25, 0.3) is 5.91 Å². The first-order valence-corrected chi connectivity index (χ1v) is 9.65. The maximum absolute atomic E-state index is 12.2. The highest BCUT2D eigenvalue weighted by atomic mass is 79.9. The zero-order chi connectivity index (χ0) is 17.1. The largest absolute Gasteiger partial charge is 0.358 e. The molecule has 0 saturated carbocycles. The molecular formula is C18H16BrClN2OS. The van der Waals surface area contributed by atoms with Crippen molar-refractivity contribution >= 4 is 56.1 Å². The topological polar surface area (TPSA) is 44.9 Å². The van der Waals surface area contributed by atoms with Gasteiger partial charge in [-0.05, 0) is 31.2 Å². The van der Waals surface area contributed by atoms with Crippen molar-refractivity contribution in [1.29, 1.82) is 0 Å². The van der Waals surface area contributed by atoms with Gasteiger partial charge in [-0.3, -0.25) is 4.79 Å². The summed E-state index contributed by atoms with van der Waals surface area (Å²) in [6.07, 6.45) is 0. The SMILES string of the molecule is Cc1[nH]c2ccccc2c1SCCNC(=O)c1cc(Br)ccc1Cl. The van der Waals surface area contributed by atoms with Crippen molar-refractivity contribution in [1.82, 2.24) is 10.3 Å². The molecule has 6 heteroatoms.